The first-order valence-electron chi connectivity index (χ1n) is 7.49. The minimum absolute atomic E-state index is 0.987. The van der Waals surface area contributed by atoms with E-state index < -0.39 is 0 Å². The second kappa shape index (κ2) is 7.91. The molecule has 2 rings (SSSR count). The van der Waals surface area contributed by atoms with Crippen molar-refractivity contribution < 1.29 is 0 Å². The monoisotopic (exact) mass is 324 g/mol. The molecule has 0 atom stereocenters. The van der Waals surface area contributed by atoms with Crippen molar-refractivity contribution in [2.75, 3.05) is 31.5 Å². The van der Waals surface area contributed by atoms with Gasteiger partial charge in [-0.25, -0.2) is 0 Å². The molecule has 0 radical (unpaired) electrons. The number of piperidine rings is 1. The molecule has 19 heavy (non-hydrogen) atoms. The van der Waals surface area contributed by atoms with E-state index in [0.717, 1.165) is 23.5 Å². The zero-order valence-corrected chi connectivity index (χ0v) is 13.5. The van der Waals surface area contributed by atoms with Crippen molar-refractivity contribution in [1.82, 2.24) is 4.90 Å². The van der Waals surface area contributed by atoms with E-state index in [-0.39, 0.29) is 0 Å². The van der Waals surface area contributed by atoms with Crippen LogP contribution < -0.4 is 5.32 Å². The lowest BCUT2D eigenvalue weighted by Gasteiger charge is -2.31. The number of hydrogen-bond donors (Lipinski definition) is 1. The molecule has 1 aromatic rings. The number of nitrogens with one attached hydrogen (secondary N) is 1. The maximum atomic E-state index is 3.49. The molecule has 0 saturated carbocycles. The number of halogens is 1. The maximum absolute atomic E-state index is 3.49. The third-order valence-electron chi connectivity index (χ3n) is 4.01. The molecule has 1 fully saturated rings. The summed E-state index contributed by atoms with van der Waals surface area (Å²) >= 11 is 3.46. The van der Waals surface area contributed by atoms with Gasteiger partial charge in [0.2, 0.25) is 0 Å². The van der Waals surface area contributed by atoms with Gasteiger partial charge in [0.25, 0.3) is 0 Å². The molecule has 1 aliphatic heterocycles. The molecule has 0 bridgehead atoms. The predicted octanol–water partition coefficient (Wildman–Crippen LogP) is 4.37. The van der Waals surface area contributed by atoms with Crippen LogP contribution in [0.15, 0.2) is 28.7 Å². The Kier molecular flexibility index (Phi) is 6.18. The van der Waals surface area contributed by atoms with Crippen LogP contribution >= 0.6 is 15.9 Å². The third kappa shape index (κ3) is 5.15. The van der Waals surface area contributed by atoms with Crippen molar-refractivity contribution in [2.24, 2.45) is 5.92 Å². The van der Waals surface area contributed by atoms with Crippen LogP contribution in [-0.2, 0) is 0 Å². The highest BCUT2D eigenvalue weighted by atomic mass is 79.9. The summed E-state index contributed by atoms with van der Waals surface area (Å²) in [5, 5.41) is 3.49. The molecule has 3 heteroatoms. The summed E-state index contributed by atoms with van der Waals surface area (Å²) in [5.41, 5.74) is 1.21. The molecule has 1 aromatic carbocycles. The van der Waals surface area contributed by atoms with E-state index >= 15 is 0 Å². The molecular formula is C16H25BrN2. The smallest absolute Gasteiger partial charge is 0.0341 e. The van der Waals surface area contributed by atoms with E-state index in [1.54, 1.807) is 0 Å². The van der Waals surface area contributed by atoms with Crippen LogP contribution in [0.3, 0.4) is 0 Å². The Morgan fingerprint density at radius 3 is 2.53 bits per heavy atom. The van der Waals surface area contributed by atoms with Crippen molar-refractivity contribution in [3.05, 3.63) is 28.7 Å². The fraction of sp³-hybridized carbons (Fsp3) is 0.625. The second-order valence-electron chi connectivity index (χ2n) is 5.51. The second-order valence-corrected chi connectivity index (χ2v) is 6.42. The van der Waals surface area contributed by atoms with Gasteiger partial charge >= 0.3 is 0 Å². The SMILES string of the molecule is CCCC1CCN(CCNc2ccc(Br)cc2)CC1. The van der Waals surface area contributed by atoms with E-state index in [2.05, 4.69) is 57.3 Å². The summed E-state index contributed by atoms with van der Waals surface area (Å²) in [6.45, 7) is 7.07. The van der Waals surface area contributed by atoms with Gasteiger partial charge in [-0.15, -0.1) is 0 Å². The van der Waals surface area contributed by atoms with Crippen molar-refractivity contribution >= 4 is 21.6 Å². The van der Waals surface area contributed by atoms with Gasteiger partial charge in [0.05, 0.1) is 0 Å². The molecule has 0 amide bonds. The van der Waals surface area contributed by atoms with Crippen molar-refractivity contribution in [3.63, 3.8) is 0 Å². The van der Waals surface area contributed by atoms with Crippen LogP contribution in [-0.4, -0.2) is 31.1 Å². The van der Waals surface area contributed by atoms with Gasteiger partial charge in [-0.1, -0.05) is 35.7 Å². The lowest BCUT2D eigenvalue weighted by molar-refractivity contribution is 0.184. The Morgan fingerprint density at radius 1 is 1.21 bits per heavy atom. The van der Waals surface area contributed by atoms with Gasteiger partial charge in [-0.2, -0.15) is 0 Å². The molecule has 0 aliphatic carbocycles. The molecule has 1 saturated heterocycles. The van der Waals surface area contributed by atoms with Gasteiger partial charge in [-0.3, -0.25) is 0 Å². The molecule has 2 nitrogen and oxygen atoms in total. The molecule has 0 unspecified atom stereocenters. The van der Waals surface area contributed by atoms with Crippen LogP contribution in [0.1, 0.15) is 32.6 Å². The summed E-state index contributed by atoms with van der Waals surface area (Å²) in [4.78, 5) is 2.60. The van der Waals surface area contributed by atoms with E-state index in [1.807, 2.05) is 0 Å². The first-order chi connectivity index (χ1) is 9.28. The number of anilines is 1. The molecule has 106 valence electrons. The minimum Gasteiger partial charge on any atom is -0.384 e. The fourth-order valence-corrected chi connectivity index (χ4v) is 3.10. The van der Waals surface area contributed by atoms with Crippen molar-refractivity contribution in [2.45, 2.75) is 32.6 Å². The first kappa shape index (κ1) is 14.9. The quantitative estimate of drug-likeness (QED) is 0.835. The summed E-state index contributed by atoms with van der Waals surface area (Å²) in [5.74, 6) is 0.987. The molecule has 0 aromatic heterocycles. The molecule has 1 aliphatic rings. The largest absolute Gasteiger partial charge is 0.384 e. The van der Waals surface area contributed by atoms with Gasteiger partial charge in [-0.05, 0) is 56.1 Å². The zero-order chi connectivity index (χ0) is 13.5. The number of nitrogens with zero attached hydrogens (tertiary/aromatic N) is 1. The Morgan fingerprint density at radius 2 is 1.89 bits per heavy atom. The summed E-state index contributed by atoms with van der Waals surface area (Å²) in [6.07, 6.45) is 5.55. The van der Waals surface area contributed by atoms with Crippen LogP contribution in [0.25, 0.3) is 0 Å². The number of likely N-dealkylation sites (tertiary alicyclic amines) is 1. The lowest BCUT2D eigenvalue weighted by atomic mass is 9.92. The van der Waals surface area contributed by atoms with Gasteiger partial charge in [0.15, 0.2) is 0 Å². The number of benzene rings is 1. The Balaban J connectivity index is 1.63. The normalized spacial score (nSPS) is 17.6. The fourth-order valence-electron chi connectivity index (χ4n) is 2.83. The van der Waals surface area contributed by atoms with Crippen molar-refractivity contribution in [1.29, 1.82) is 0 Å². The summed E-state index contributed by atoms with van der Waals surface area (Å²) < 4.78 is 1.14. The highest BCUT2D eigenvalue weighted by Crippen LogP contribution is 2.21. The van der Waals surface area contributed by atoms with Gasteiger partial charge < -0.3 is 10.2 Å². The van der Waals surface area contributed by atoms with E-state index in [4.69, 9.17) is 0 Å². The van der Waals surface area contributed by atoms with E-state index in [9.17, 15) is 0 Å². The van der Waals surface area contributed by atoms with E-state index in [1.165, 1.54) is 44.5 Å². The Labute approximate surface area is 125 Å². The average Bonchev–Trinajstić information content (AvgIpc) is 2.43. The van der Waals surface area contributed by atoms with Crippen molar-refractivity contribution in [3.8, 4) is 0 Å². The molecular weight excluding hydrogens is 300 g/mol. The topological polar surface area (TPSA) is 15.3 Å². The number of rotatable bonds is 6. The van der Waals surface area contributed by atoms with Gasteiger partial charge in [0, 0.05) is 23.2 Å². The zero-order valence-electron chi connectivity index (χ0n) is 11.9. The predicted molar refractivity (Wildman–Crippen MR) is 86.7 cm³/mol. The Hall–Kier alpha value is -0.540. The van der Waals surface area contributed by atoms with Gasteiger partial charge in [0.1, 0.15) is 0 Å². The van der Waals surface area contributed by atoms with E-state index in [0.29, 0.717) is 0 Å². The molecule has 1 N–H and O–H groups in total. The third-order valence-corrected chi connectivity index (χ3v) is 4.53. The van der Waals surface area contributed by atoms with Crippen LogP contribution in [0, 0.1) is 5.92 Å². The molecule has 0 spiro atoms. The van der Waals surface area contributed by atoms with Crippen LogP contribution in [0.5, 0.6) is 0 Å². The highest BCUT2D eigenvalue weighted by Gasteiger charge is 2.17. The highest BCUT2D eigenvalue weighted by molar-refractivity contribution is 9.10. The summed E-state index contributed by atoms with van der Waals surface area (Å²) in [6, 6.07) is 8.41. The van der Waals surface area contributed by atoms with Crippen LogP contribution in [0.2, 0.25) is 0 Å². The first-order valence-corrected chi connectivity index (χ1v) is 8.29. The summed E-state index contributed by atoms with van der Waals surface area (Å²) in [7, 11) is 0. The average molecular weight is 325 g/mol. The number of hydrogen-bond acceptors (Lipinski definition) is 2. The minimum atomic E-state index is 0.987. The molecule has 1 heterocycles. The standard InChI is InChI=1S/C16H25BrN2/c1-2-3-14-8-11-19(12-9-14)13-10-18-16-6-4-15(17)5-7-16/h4-7,14,18H,2-3,8-13H2,1H3. The Bertz CT molecular complexity index is 356. The maximum Gasteiger partial charge on any atom is 0.0341 e. The lowest BCUT2D eigenvalue weighted by Crippen LogP contribution is -2.36. The van der Waals surface area contributed by atoms with Crippen LogP contribution in [0.4, 0.5) is 5.69 Å².